The first-order chi connectivity index (χ1) is 69.9. The molecule has 5 heteroatoms. The van der Waals surface area contributed by atoms with Crippen LogP contribution in [0.25, 0.3) is 220 Å². The van der Waals surface area contributed by atoms with Crippen molar-refractivity contribution in [2.24, 2.45) is 35.2 Å². The quantitative estimate of drug-likeness (QED) is 0.130. The Bertz CT molecular complexity index is 8770. The van der Waals surface area contributed by atoms with Crippen molar-refractivity contribution in [1.82, 2.24) is 22.8 Å². The van der Waals surface area contributed by atoms with E-state index in [1.807, 2.05) is 237 Å². The van der Waals surface area contributed by atoms with Gasteiger partial charge in [-0.1, -0.05) is 364 Å². The maximum absolute atomic E-state index is 9.00. The predicted molar refractivity (Wildman–Crippen MR) is 556 cm³/mol. The maximum Gasteiger partial charge on any atom is 0.0645 e. The molecule has 0 amide bonds. The van der Waals surface area contributed by atoms with E-state index in [2.05, 4.69) is 173 Å². The van der Waals surface area contributed by atoms with Crippen LogP contribution in [0, 0.1) is 0 Å². The molecule has 5 aromatic heterocycles. The highest BCUT2D eigenvalue weighted by Gasteiger charge is 2.19. The summed E-state index contributed by atoms with van der Waals surface area (Å²) in [5.74, 6) is 0. The fraction of sp³-hybridized carbons (Fsp3) is 0.0400. The van der Waals surface area contributed by atoms with Crippen LogP contribution in [0.1, 0.15) is 19.2 Å². The molecule has 0 aliphatic carbocycles. The van der Waals surface area contributed by atoms with Crippen LogP contribution in [-0.2, 0) is 35.2 Å². The highest BCUT2D eigenvalue weighted by molar-refractivity contribution is 6.15. The number of aromatic nitrogens is 5. The minimum absolute atomic E-state index is 0.0554. The van der Waals surface area contributed by atoms with Gasteiger partial charge in [0.1, 0.15) is 0 Å². The van der Waals surface area contributed by atoms with E-state index < -0.39 is 0 Å². The second kappa shape index (κ2) is 35.4. The monoisotopic (exact) mass is 1680 g/mol. The number of hydrogen-bond acceptors (Lipinski definition) is 0. The molecular weight excluding hydrogens is 1570 g/mol. The minimum atomic E-state index is -0.0629. The maximum atomic E-state index is 9.00. The van der Waals surface area contributed by atoms with Gasteiger partial charge in [-0.2, -0.15) is 0 Å². The zero-order valence-corrected chi connectivity index (χ0v) is 72.3. The lowest BCUT2D eigenvalue weighted by atomic mass is 10.0. The first-order valence-electron chi connectivity index (χ1n) is 50.6. The summed E-state index contributed by atoms with van der Waals surface area (Å²) in [4.78, 5) is 0. The first kappa shape index (κ1) is 65.9. The fourth-order valence-corrected chi connectivity index (χ4v) is 17.9. The molecule has 0 unspecified atom stereocenters. The Morgan fingerprint density at radius 1 is 0.131 bits per heavy atom. The summed E-state index contributed by atoms with van der Waals surface area (Å²) in [7, 11) is 9.80. The summed E-state index contributed by atoms with van der Waals surface area (Å²) in [6.45, 7) is 0. The average Bonchev–Trinajstić information content (AvgIpc) is 1.55. The van der Waals surface area contributed by atoms with Crippen LogP contribution in [-0.4, -0.2) is 22.8 Å². The van der Waals surface area contributed by atoms with Gasteiger partial charge in [0.25, 0.3) is 0 Å². The zero-order valence-electron chi connectivity index (χ0n) is 86.3. The molecule has 0 saturated carbocycles. The van der Waals surface area contributed by atoms with Crippen LogP contribution in [0.2, 0.25) is 0 Å². The Balaban J connectivity index is 0.000000106. The SMILES string of the molecule is Cn1c2ccc(-c3ccccc3)cc2c2cc(-c3ccccc3)ccc21.[2H]c1c(-c2ccccc2)c([2H])c2c3c([2H])c(-c4ccccc4)c([2H])c([2H])c3n(C)c2c1[2H].[2H]c1cc2c(c([2H])c1-c1ccccc1)c1c([2H])c(-c3ccccc3)c([2H])cc1n2C.[2H]c1cc2c(cc1-c1ccccc1)c1cc(-c3ccccc3)c([2H])cc1n2C.[2H]c1ccc(-c2ccc3c(c2)c2cc(-c4ccc([2H])cc4)ccc2n3C)cc1. The third-order valence-electron chi connectivity index (χ3n) is 24.8. The predicted octanol–water partition coefficient (Wildman–Crippen LogP) is 33.3. The van der Waals surface area contributed by atoms with Gasteiger partial charge in [-0.05, 0) is 232 Å². The van der Waals surface area contributed by atoms with Crippen molar-refractivity contribution in [3.8, 4) is 111 Å². The average molecular weight is 1680 g/mol. The van der Waals surface area contributed by atoms with Crippen LogP contribution < -0.4 is 0 Å². The number of benzene rings is 20. The fourth-order valence-electron chi connectivity index (χ4n) is 17.9. The summed E-state index contributed by atoms with van der Waals surface area (Å²) >= 11 is 0. The van der Waals surface area contributed by atoms with Gasteiger partial charge >= 0.3 is 0 Å². The van der Waals surface area contributed by atoms with Crippen molar-refractivity contribution in [1.29, 1.82) is 0 Å². The molecule has 620 valence electrons. The summed E-state index contributed by atoms with van der Waals surface area (Å²) in [6.07, 6.45) is 0. The molecule has 25 aromatic rings. The molecular formula is C125H95N5. The van der Waals surface area contributed by atoms with Crippen molar-refractivity contribution in [2.45, 2.75) is 0 Å². The Kier molecular flexibility index (Phi) is 18.0. The number of rotatable bonds is 10. The topological polar surface area (TPSA) is 24.6 Å². The van der Waals surface area contributed by atoms with E-state index in [0.717, 1.165) is 88.5 Å². The van der Waals surface area contributed by atoms with Gasteiger partial charge in [0.05, 0.1) is 19.2 Å². The molecule has 0 saturated heterocycles. The number of aryl methyl sites for hydroxylation is 5. The van der Waals surface area contributed by atoms with E-state index in [1.165, 1.54) is 65.9 Å². The summed E-state index contributed by atoms with van der Waals surface area (Å²) in [5.41, 5.74) is 27.4. The van der Waals surface area contributed by atoms with Crippen LogP contribution in [0.15, 0.2) is 485 Å². The summed E-state index contributed by atoms with van der Waals surface area (Å²) in [5, 5.41) is 9.36. The standard InChI is InChI=1S/5C25H19N/c5*1-26-24-14-12-20(18-8-4-2-5-9-18)16-22(24)23-17-21(13-15-25(23)26)19-10-6-3-7-11-19/h5*2-17H,1H3/i12D,13D,14D,15D,16D,17D;12D,13D,16D,17D;12D,13D;2D,3D;. The lowest BCUT2D eigenvalue weighted by Crippen LogP contribution is -1.86. The van der Waals surface area contributed by atoms with E-state index in [0.29, 0.717) is 90.1 Å². The van der Waals surface area contributed by atoms with E-state index in [4.69, 9.17) is 19.2 Å². The molecule has 0 aliphatic heterocycles. The molecule has 130 heavy (non-hydrogen) atoms. The molecule has 0 bridgehead atoms. The normalized spacial score (nSPS) is 12.8. The lowest BCUT2D eigenvalue weighted by molar-refractivity contribution is 1.01. The van der Waals surface area contributed by atoms with Gasteiger partial charge < -0.3 is 22.8 Å². The van der Waals surface area contributed by atoms with Gasteiger partial charge in [0.2, 0.25) is 0 Å². The Hall–Kier alpha value is -16.6. The van der Waals surface area contributed by atoms with Crippen molar-refractivity contribution in [3.05, 3.63) is 485 Å². The summed E-state index contributed by atoms with van der Waals surface area (Å²) < 4.78 is 130. The van der Waals surface area contributed by atoms with Gasteiger partial charge in [-0.15, -0.1) is 0 Å². The molecule has 0 aliphatic rings. The van der Waals surface area contributed by atoms with Crippen molar-refractivity contribution in [3.63, 3.8) is 0 Å². The van der Waals surface area contributed by atoms with E-state index in [1.54, 1.807) is 48.0 Å². The number of hydrogen-bond donors (Lipinski definition) is 0. The number of nitrogens with zero attached hydrogens (tertiary/aromatic N) is 5. The van der Waals surface area contributed by atoms with Gasteiger partial charge in [-0.25, -0.2) is 0 Å². The number of fused-ring (bicyclic) bond motifs is 15. The van der Waals surface area contributed by atoms with E-state index in [9.17, 15) is 0 Å². The third-order valence-corrected chi connectivity index (χ3v) is 24.8. The molecule has 0 radical (unpaired) electrons. The van der Waals surface area contributed by atoms with Crippen molar-refractivity contribution >= 4 is 109 Å². The molecule has 20 aromatic carbocycles. The second-order valence-corrected chi connectivity index (χ2v) is 32.6. The molecule has 5 heterocycles. The molecule has 0 fully saturated rings. The van der Waals surface area contributed by atoms with Crippen molar-refractivity contribution in [2.75, 3.05) is 0 Å². The Morgan fingerprint density at radius 3 is 0.546 bits per heavy atom. The Morgan fingerprint density at radius 2 is 0.300 bits per heavy atom. The van der Waals surface area contributed by atoms with Crippen LogP contribution in [0.4, 0.5) is 0 Å². The van der Waals surface area contributed by atoms with Crippen molar-refractivity contribution < 1.29 is 19.2 Å². The Labute approximate surface area is 778 Å². The molecule has 0 spiro atoms. The van der Waals surface area contributed by atoms with E-state index in [-0.39, 0.29) is 60.4 Å². The molecule has 0 atom stereocenters. The third kappa shape index (κ3) is 15.8. The largest absolute Gasteiger partial charge is 0.344 e. The highest BCUT2D eigenvalue weighted by atomic mass is 15.0. The van der Waals surface area contributed by atoms with E-state index >= 15 is 0 Å². The summed E-state index contributed by atoms with van der Waals surface area (Å²) in [6, 6.07) is 135. The zero-order chi connectivity index (χ0) is 99.7. The van der Waals surface area contributed by atoms with Gasteiger partial charge in [0.15, 0.2) is 0 Å². The minimum Gasteiger partial charge on any atom is -0.344 e. The molecule has 5 nitrogen and oxygen atoms in total. The highest BCUT2D eigenvalue weighted by Crippen LogP contribution is 2.42. The van der Waals surface area contributed by atoms with Gasteiger partial charge in [0, 0.05) is 144 Å². The molecule has 0 N–H and O–H groups in total. The lowest BCUT2D eigenvalue weighted by Gasteiger charge is -2.03. The van der Waals surface area contributed by atoms with Crippen LogP contribution in [0.3, 0.4) is 0 Å². The van der Waals surface area contributed by atoms with Gasteiger partial charge in [-0.3, -0.25) is 0 Å². The second-order valence-electron chi connectivity index (χ2n) is 32.6. The van der Waals surface area contributed by atoms with Crippen LogP contribution >= 0.6 is 0 Å². The first-order valence-corrected chi connectivity index (χ1v) is 43.6. The smallest absolute Gasteiger partial charge is 0.0645 e. The van der Waals surface area contributed by atoms with Crippen LogP contribution in [0.5, 0.6) is 0 Å². The molecule has 25 rings (SSSR count).